The van der Waals surface area contributed by atoms with Gasteiger partial charge in [0.1, 0.15) is 5.60 Å². The Kier molecular flexibility index (Phi) is 4.04. The van der Waals surface area contributed by atoms with Gasteiger partial charge in [-0.1, -0.05) is 63.4 Å². The van der Waals surface area contributed by atoms with Crippen LogP contribution in [0.4, 0.5) is 5.69 Å². The summed E-state index contributed by atoms with van der Waals surface area (Å²) in [4.78, 5) is 28.6. The van der Waals surface area contributed by atoms with Crippen LogP contribution in [0.3, 0.4) is 0 Å². The second-order valence-corrected chi connectivity index (χ2v) is 9.87. The molecule has 4 aliphatic rings. The van der Waals surface area contributed by atoms with Gasteiger partial charge in [-0.2, -0.15) is 0 Å². The predicted octanol–water partition coefficient (Wildman–Crippen LogP) is 5.26. The average molecular weight is 515 g/mol. The van der Waals surface area contributed by atoms with E-state index in [1.165, 1.54) is 4.90 Å². The van der Waals surface area contributed by atoms with Gasteiger partial charge in [0.15, 0.2) is 0 Å². The van der Waals surface area contributed by atoms with Gasteiger partial charge < -0.3 is 5.11 Å². The minimum Gasteiger partial charge on any atom is -0.379 e. The standard InChI is InChI=1S/C24H14BrCl2NO3/c25-11-7-9-12(10-8-11)28-22(29)20-19-17-13(3-1-5-15(17)26)24(31,21(20)23(28)30)14-4-2-6-16(27)18(14)19/h1-10,19-21,31H. The third-order valence-corrected chi connectivity index (χ3v) is 7.98. The molecule has 0 saturated carbocycles. The summed E-state index contributed by atoms with van der Waals surface area (Å²) in [6.45, 7) is 0. The van der Waals surface area contributed by atoms with E-state index >= 15 is 0 Å². The molecule has 1 saturated heterocycles. The topological polar surface area (TPSA) is 57.6 Å². The minimum absolute atomic E-state index is 0.350. The van der Waals surface area contributed by atoms with Crippen molar-refractivity contribution in [2.45, 2.75) is 11.5 Å². The summed E-state index contributed by atoms with van der Waals surface area (Å²) in [7, 11) is 0. The average Bonchev–Trinajstić information content (AvgIpc) is 3.02. The first kappa shape index (κ1) is 19.5. The monoisotopic (exact) mass is 513 g/mol. The molecule has 4 nitrogen and oxygen atoms in total. The Balaban J connectivity index is 1.65. The zero-order valence-electron chi connectivity index (χ0n) is 15.9. The van der Waals surface area contributed by atoms with Gasteiger partial charge in [0, 0.05) is 20.4 Å². The highest BCUT2D eigenvalue weighted by Crippen LogP contribution is 2.65. The molecular weight excluding hydrogens is 501 g/mol. The number of nitrogens with zero attached hydrogens (tertiary/aromatic N) is 1. The normalized spacial score (nSPS) is 27.9. The second-order valence-electron chi connectivity index (χ2n) is 8.14. The van der Waals surface area contributed by atoms with Gasteiger partial charge >= 0.3 is 0 Å². The number of carbonyl (C=O) groups excluding carboxylic acids is 2. The number of amides is 2. The molecule has 1 N–H and O–H groups in total. The number of imide groups is 1. The number of rotatable bonds is 1. The Bertz CT molecular complexity index is 1250. The molecule has 0 aromatic heterocycles. The highest BCUT2D eigenvalue weighted by molar-refractivity contribution is 9.10. The molecule has 7 heteroatoms. The van der Waals surface area contributed by atoms with Gasteiger partial charge in [0.25, 0.3) is 0 Å². The second kappa shape index (κ2) is 6.42. The van der Waals surface area contributed by atoms with Crippen LogP contribution in [0.1, 0.15) is 28.2 Å². The molecule has 1 heterocycles. The lowest BCUT2D eigenvalue weighted by atomic mass is 9.52. The lowest BCUT2D eigenvalue weighted by Crippen LogP contribution is -2.53. The molecular formula is C24H14BrCl2NO3. The molecule has 2 atom stereocenters. The highest BCUT2D eigenvalue weighted by atomic mass is 79.9. The highest BCUT2D eigenvalue weighted by Gasteiger charge is 2.68. The zero-order chi connectivity index (χ0) is 21.7. The maximum absolute atomic E-state index is 13.7. The van der Waals surface area contributed by atoms with Crippen molar-refractivity contribution >= 4 is 56.6 Å². The third kappa shape index (κ3) is 2.30. The van der Waals surface area contributed by atoms with Crippen molar-refractivity contribution in [1.82, 2.24) is 0 Å². The Morgan fingerprint density at radius 1 is 0.839 bits per heavy atom. The van der Waals surface area contributed by atoms with E-state index in [1.54, 1.807) is 60.7 Å². The quantitative estimate of drug-likeness (QED) is 0.451. The number of anilines is 1. The maximum Gasteiger partial charge on any atom is 0.241 e. The van der Waals surface area contributed by atoms with E-state index < -0.39 is 29.3 Å². The van der Waals surface area contributed by atoms with E-state index in [1.807, 2.05) is 0 Å². The van der Waals surface area contributed by atoms with Crippen molar-refractivity contribution in [1.29, 1.82) is 0 Å². The summed E-state index contributed by atoms with van der Waals surface area (Å²) in [5.41, 5.74) is 1.26. The first-order valence-electron chi connectivity index (χ1n) is 9.79. The van der Waals surface area contributed by atoms with Crippen molar-refractivity contribution in [2.24, 2.45) is 11.8 Å². The fraction of sp³-hybridized carbons (Fsp3) is 0.167. The van der Waals surface area contributed by atoms with Crippen LogP contribution in [0.15, 0.2) is 65.1 Å². The maximum atomic E-state index is 13.7. The Morgan fingerprint density at radius 3 is 1.94 bits per heavy atom. The van der Waals surface area contributed by atoms with Gasteiger partial charge in [-0.25, -0.2) is 4.90 Å². The summed E-state index contributed by atoms with van der Waals surface area (Å²) in [5, 5.41) is 13.1. The number of halogens is 3. The first-order chi connectivity index (χ1) is 14.9. The molecule has 1 aliphatic heterocycles. The number of hydrogen-bond donors (Lipinski definition) is 1. The lowest BCUT2D eigenvalue weighted by molar-refractivity contribution is -0.133. The van der Waals surface area contributed by atoms with Crippen LogP contribution in [-0.2, 0) is 15.2 Å². The molecule has 3 aromatic rings. The SMILES string of the molecule is O=C1C2C3c4c(Cl)cccc4C(O)(c4cccc(Cl)c43)C2C(=O)N1c1ccc(Br)cc1. The molecule has 3 aliphatic carbocycles. The molecule has 2 bridgehead atoms. The first-order valence-corrected chi connectivity index (χ1v) is 11.3. The van der Waals surface area contributed by atoms with Crippen LogP contribution in [0.5, 0.6) is 0 Å². The third-order valence-electron chi connectivity index (χ3n) is 6.79. The Labute approximate surface area is 196 Å². The number of aliphatic hydroxyl groups is 1. The number of hydrogen-bond acceptors (Lipinski definition) is 3. The Morgan fingerprint density at radius 2 is 1.39 bits per heavy atom. The van der Waals surface area contributed by atoms with Crippen LogP contribution in [0, 0.1) is 11.8 Å². The molecule has 31 heavy (non-hydrogen) atoms. The molecule has 154 valence electrons. The van der Waals surface area contributed by atoms with Crippen LogP contribution in [-0.4, -0.2) is 16.9 Å². The fourth-order valence-corrected chi connectivity index (χ4v) is 6.51. The van der Waals surface area contributed by atoms with Crippen molar-refractivity contribution in [3.63, 3.8) is 0 Å². The predicted molar refractivity (Wildman–Crippen MR) is 121 cm³/mol. The number of benzene rings is 3. The van der Waals surface area contributed by atoms with Gasteiger partial charge in [0.05, 0.1) is 17.5 Å². The van der Waals surface area contributed by atoms with Gasteiger partial charge in [-0.15, -0.1) is 0 Å². The fourth-order valence-electron chi connectivity index (χ4n) is 5.67. The zero-order valence-corrected chi connectivity index (χ0v) is 18.9. The smallest absolute Gasteiger partial charge is 0.241 e. The van der Waals surface area contributed by atoms with Crippen LogP contribution >= 0.6 is 39.1 Å². The van der Waals surface area contributed by atoms with Gasteiger partial charge in [-0.05, 0) is 58.7 Å². The van der Waals surface area contributed by atoms with Crippen molar-refractivity contribution in [3.8, 4) is 0 Å². The largest absolute Gasteiger partial charge is 0.379 e. The van der Waals surface area contributed by atoms with Crippen LogP contribution in [0.2, 0.25) is 10.0 Å². The van der Waals surface area contributed by atoms with E-state index in [0.29, 0.717) is 38.0 Å². The molecule has 2 unspecified atom stereocenters. The molecule has 2 amide bonds. The van der Waals surface area contributed by atoms with E-state index in [2.05, 4.69) is 15.9 Å². The van der Waals surface area contributed by atoms with E-state index in [-0.39, 0.29) is 5.91 Å². The Hall–Kier alpha value is -2.18. The van der Waals surface area contributed by atoms with Crippen LogP contribution in [0.25, 0.3) is 0 Å². The summed E-state index contributed by atoms with van der Waals surface area (Å²) in [6, 6.07) is 17.5. The van der Waals surface area contributed by atoms with Crippen molar-refractivity contribution < 1.29 is 14.7 Å². The van der Waals surface area contributed by atoms with Crippen molar-refractivity contribution in [3.05, 3.63) is 97.4 Å². The number of carbonyl (C=O) groups is 2. The summed E-state index contributed by atoms with van der Waals surface area (Å²) in [5.74, 6) is -3.02. The molecule has 1 fully saturated rings. The van der Waals surface area contributed by atoms with E-state index in [0.717, 1.165) is 4.47 Å². The molecule has 3 aromatic carbocycles. The summed E-state index contributed by atoms with van der Waals surface area (Å²) >= 11 is 16.6. The molecule has 0 radical (unpaired) electrons. The van der Waals surface area contributed by atoms with E-state index in [9.17, 15) is 14.7 Å². The minimum atomic E-state index is -1.70. The molecule has 0 spiro atoms. The van der Waals surface area contributed by atoms with E-state index in [4.69, 9.17) is 23.2 Å². The molecule has 7 rings (SSSR count). The lowest BCUT2D eigenvalue weighted by Gasteiger charge is -2.51. The summed E-state index contributed by atoms with van der Waals surface area (Å²) in [6.07, 6.45) is 0. The summed E-state index contributed by atoms with van der Waals surface area (Å²) < 4.78 is 0.838. The van der Waals surface area contributed by atoms with Gasteiger partial charge in [-0.3, -0.25) is 9.59 Å². The van der Waals surface area contributed by atoms with Gasteiger partial charge in [0.2, 0.25) is 11.8 Å². The van der Waals surface area contributed by atoms with Crippen molar-refractivity contribution in [2.75, 3.05) is 4.90 Å². The van der Waals surface area contributed by atoms with Crippen LogP contribution < -0.4 is 4.90 Å².